The van der Waals surface area contributed by atoms with Crippen molar-refractivity contribution < 1.29 is 4.74 Å². The average molecular weight is 590 g/mol. The Morgan fingerprint density at radius 2 is 1.69 bits per heavy atom. The number of hydrogen-bond donors (Lipinski definition) is 4. The van der Waals surface area contributed by atoms with Crippen molar-refractivity contribution in [3.63, 3.8) is 0 Å². The van der Waals surface area contributed by atoms with Crippen LogP contribution in [0.1, 0.15) is 72.4 Å². The predicted molar refractivity (Wildman–Crippen MR) is 177 cm³/mol. The Kier molecular flexibility index (Phi) is 9.31. The van der Waals surface area contributed by atoms with E-state index in [4.69, 9.17) is 22.1 Å². The topological polar surface area (TPSA) is 97.1 Å². The highest BCUT2D eigenvalue weighted by atomic mass is 35.5. The second kappa shape index (κ2) is 12.6. The lowest BCUT2D eigenvalue weighted by Gasteiger charge is -2.31. The average Bonchev–Trinajstić information content (AvgIpc) is 3.33. The van der Waals surface area contributed by atoms with Crippen molar-refractivity contribution in [2.45, 2.75) is 78.2 Å². The molecule has 0 amide bonds. The van der Waals surface area contributed by atoms with E-state index in [0.717, 1.165) is 24.3 Å². The molecule has 0 bridgehead atoms. The molecular weight excluding hydrogens is 546 g/mol. The predicted octanol–water partition coefficient (Wildman–Crippen LogP) is 8.40. The second-order valence-electron chi connectivity index (χ2n) is 12.2. The van der Waals surface area contributed by atoms with Crippen LogP contribution < -0.4 is 26.7 Å². The van der Waals surface area contributed by atoms with Crippen LogP contribution in [0.3, 0.4) is 0 Å². The van der Waals surface area contributed by atoms with Crippen molar-refractivity contribution in [1.29, 1.82) is 0 Å². The molecule has 0 spiro atoms. The van der Waals surface area contributed by atoms with E-state index in [2.05, 4.69) is 82.4 Å². The maximum atomic E-state index is 12.6. The standard InChI is InChI=1S/C34H44ClN5O2/c1-8-33(4,5)23-14-17-30(25(18-23)34(6,7)9-2)42-22(3)21-37-24-15-16-26(35)28(19-24)38-31-20-32(41)40(39-31)29-13-11-10-12-27(29)36/h10-20,22,37-39H,8-9,21,36H2,1-7H3. The highest BCUT2D eigenvalue weighted by Gasteiger charge is 2.27. The SMILES string of the molecule is CCC(C)(C)c1ccc(OC(C)CNc2ccc(Cl)c(Nc3cc(=O)n(-c4ccccc4N)[nH]3)c2)c(C(C)(C)CC)c1. The Balaban J connectivity index is 1.47. The number of hydrogen-bond acceptors (Lipinski definition) is 5. The fourth-order valence-corrected chi connectivity index (χ4v) is 4.87. The summed E-state index contributed by atoms with van der Waals surface area (Å²) in [7, 11) is 0. The molecule has 0 aliphatic carbocycles. The number of anilines is 4. The molecule has 1 unspecified atom stereocenters. The number of nitrogens with two attached hydrogens (primary N) is 1. The van der Waals surface area contributed by atoms with Gasteiger partial charge in [0.05, 0.1) is 28.6 Å². The highest BCUT2D eigenvalue weighted by molar-refractivity contribution is 6.33. The van der Waals surface area contributed by atoms with E-state index in [1.807, 2.05) is 30.3 Å². The maximum absolute atomic E-state index is 12.6. The molecule has 0 radical (unpaired) electrons. The molecule has 4 rings (SSSR count). The zero-order valence-corrected chi connectivity index (χ0v) is 26.5. The van der Waals surface area contributed by atoms with Gasteiger partial charge in [-0.1, -0.05) is 77.4 Å². The van der Waals surface area contributed by atoms with E-state index < -0.39 is 0 Å². The van der Waals surface area contributed by atoms with Gasteiger partial charge in [0.15, 0.2) is 0 Å². The van der Waals surface area contributed by atoms with Crippen molar-refractivity contribution in [3.8, 4) is 11.4 Å². The van der Waals surface area contributed by atoms with Gasteiger partial charge in [-0.15, -0.1) is 0 Å². The van der Waals surface area contributed by atoms with Crippen LogP contribution in [-0.4, -0.2) is 22.4 Å². The number of para-hydroxylation sites is 2. The molecule has 4 aromatic rings. The third-order valence-electron chi connectivity index (χ3n) is 8.31. The quantitative estimate of drug-likeness (QED) is 0.124. The molecule has 42 heavy (non-hydrogen) atoms. The monoisotopic (exact) mass is 589 g/mol. The van der Waals surface area contributed by atoms with Gasteiger partial charge in [0.25, 0.3) is 5.56 Å². The number of nitrogens with zero attached hydrogens (tertiary/aromatic N) is 1. The summed E-state index contributed by atoms with van der Waals surface area (Å²) >= 11 is 6.50. The second-order valence-corrected chi connectivity index (χ2v) is 12.6. The number of nitrogen functional groups attached to an aromatic ring is 1. The van der Waals surface area contributed by atoms with E-state index in [9.17, 15) is 4.79 Å². The van der Waals surface area contributed by atoms with Crippen LogP contribution in [0.4, 0.5) is 22.9 Å². The first-order chi connectivity index (χ1) is 19.8. The Labute approximate surface area is 254 Å². The fraction of sp³-hybridized carbons (Fsp3) is 0.382. The molecule has 3 aromatic carbocycles. The first-order valence-electron chi connectivity index (χ1n) is 14.6. The van der Waals surface area contributed by atoms with E-state index in [1.54, 1.807) is 12.1 Å². The highest BCUT2D eigenvalue weighted by Crippen LogP contribution is 2.39. The van der Waals surface area contributed by atoms with Gasteiger partial charge in [0.2, 0.25) is 0 Å². The van der Waals surface area contributed by atoms with E-state index in [0.29, 0.717) is 34.4 Å². The first kappa shape index (κ1) is 31.1. The van der Waals surface area contributed by atoms with Crippen molar-refractivity contribution >= 4 is 34.5 Å². The molecule has 1 aromatic heterocycles. The molecule has 0 saturated heterocycles. The molecule has 1 atom stereocenters. The molecular formula is C34H44ClN5O2. The minimum Gasteiger partial charge on any atom is -0.489 e. The van der Waals surface area contributed by atoms with Crippen LogP contribution in [0.5, 0.6) is 5.75 Å². The smallest absolute Gasteiger partial charge is 0.273 e. The van der Waals surface area contributed by atoms with Crippen LogP contribution in [0, 0.1) is 0 Å². The summed E-state index contributed by atoms with van der Waals surface area (Å²) in [5.74, 6) is 1.43. The number of benzene rings is 3. The van der Waals surface area contributed by atoms with E-state index in [-0.39, 0.29) is 22.5 Å². The zero-order valence-electron chi connectivity index (χ0n) is 25.8. The molecule has 0 aliphatic heterocycles. The Bertz CT molecular complexity index is 1590. The third-order valence-corrected chi connectivity index (χ3v) is 8.64. The lowest BCUT2D eigenvalue weighted by atomic mass is 9.76. The van der Waals surface area contributed by atoms with Gasteiger partial charge in [0.1, 0.15) is 17.7 Å². The summed E-state index contributed by atoms with van der Waals surface area (Å²) in [4.78, 5) is 12.6. The van der Waals surface area contributed by atoms with Crippen LogP contribution >= 0.6 is 11.6 Å². The number of nitrogens with one attached hydrogen (secondary N) is 3. The normalized spacial score (nSPS) is 12.7. The summed E-state index contributed by atoms with van der Waals surface area (Å²) in [5, 5.41) is 10.3. The summed E-state index contributed by atoms with van der Waals surface area (Å²) < 4.78 is 7.92. The third kappa shape index (κ3) is 6.96. The van der Waals surface area contributed by atoms with Gasteiger partial charge >= 0.3 is 0 Å². The van der Waals surface area contributed by atoms with Gasteiger partial charge in [-0.2, -0.15) is 0 Å². The largest absolute Gasteiger partial charge is 0.489 e. The number of aromatic nitrogens is 2. The molecule has 0 aliphatic rings. The number of rotatable bonds is 12. The van der Waals surface area contributed by atoms with Gasteiger partial charge in [-0.05, 0) is 72.6 Å². The Morgan fingerprint density at radius 1 is 0.976 bits per heavy atom. The van der Waals surface area contributed by atoms with Gasteiger partial charge < -0.3 is 21.1 Å². The fourth-order valence-electron chi connectivity index (χ4n) is 4.70. The maximum Gasteiger partial charge on any atom is 0.273 e. The number of H-pyrrole nitrogens is 1. The lowest BCUT2D eigenvalue weighted by Crippen LogP contribution is -2.26. The summed E-state index contributed by atoms with van der Waals surface area (Å²) in [6, 6.07) is 21.0. The molecule has 0 saturated carbocycles. The molecule has 8 heteroatoms. The van der Waals surface area contributed by atoms with E-state index >= 15 is 0 Å². The summed E-state index contributed by atoms with van der Waals surface area (Å²) in [6.45, 7) is 16.3. The lowest BCUT2D eigenvalue weighted by molar-refractivity contribution is 0.228. The first-order valence-corrected chi connectivity index (χ1v) is 15.0. The van der Waals surface area contributed by atoms with Crippen LogP contribution in [0.15, 0.2) is 71.5 Å². The number of ether oxygens (including phenoxy) is 1. The van der Waals surface area contributed by atoms with Crippen molar-refractivity contribution in [2.75, 3.05) is 22.9 Å². The molecule has 7 nitrogen and oxygen atoms in total. The zero-order chi connectivity index (χ0) is 30.7. The number of halogens is 1. The van der Waals surface area contributed by atoms with Crippen molar-refractivity contribution in [2.24, 2.45) is 0 Å². The van der Waals surface area contributed by atoms with Crippen molar-refractivity contribution in [1.82, 2.24) is 9.78 Å². The Hall–Kier alpha value is -3.84. The molecule has 224 valence electrons. The van der Waals surface area contributed by atoms with Gasteiger partial charge in [-0.3, -0.25) is 9.89 Å². The van der Waals surface area contributed by atoms with Crippen LogP contribution in [-0.2, 0) is 10.8 Å². The van der Waals surface area contributed by atoms with Gasteiger partial charge in [-0.25, -0.2) is 4.68 Å². The number of aromatic amines is 1. The summed E-state index contributed by atoms with van der Waals surface area (Å²) in [6.07, 6.45) is 2.00. The van der Waals surface area contributed by atoms with Crippen LogP contribution in [0.2, 0.25) is 5.02 Å². The Morgan fingerprint density at radius 3 is 2.38 bits per heavy atom. The van der Waals surface area contributed by atoms with Gasteiger partial charge in [0, 0.05) is 17.3 Å². The minimum absolute atomic E-state index is 0.00871. The molecule has 0 fully saturated rings. The van der Waals surface area contributed by atoms with Crippen LogP contribution in [0.25, 0.3) is 5.69 Å². The minimum atomic E-state index is -0.233. The molecule has 5 N–H and O–H groups in total. The van der Waals surface area contributed by atoms with E-state index in [1.165, 1.54) is 21.9 Å². The van der Waals surface area contributed by atoms with Crippen molar-refractivity contribution in [3.05, 3.63) is 93.2 Å². The summed E-state index contributed by atoms with van der Waals surface area (Å²) in [5.41, 5.74) is 11.1. The molecule has 1 heterocycles.